The third-order valence-electron chi connectivity index (χ3n) is 4.29. The van der Waals surface area contributed by atoms with E-state index < -0.39 is 23.8 Å². The summed E-state index contributed by atoms with van der Waals surface area (Å²) in [4.78, 5) is 17.5. The minimum absolute atomic E-state index is 0.0203. The van der Waals surface area contributed by atoms with E-state index in [1.807, 2.05) is 11.8 Å². The summed E-state index contributed by atoms with van der Waals surface area (Å²) in [6.45, 7) is 1.25. The van der Waals surface area contributed by atoms with Crippen LogP contribution in [0.5, 0.6) is 0 Å². The molecule has 2 heterocycles. The normalized spacial score (nSPS) is 21.0. The van der Waals surface area contributed by atoms with E-state index in [0.29, 0.717) is 13.1 Å². The van der Waals surface area contributed by atoms with Gasteiger partial charge in [-0.15, -0.1) is 0 Å². The van der Waals surface area contributed by atoms with Crippen LogP contribution in [0.4, 0.5) is 25.0 Å². The lowest BCUT2D eigenvalue weighted by Crippen LogP contribution is -2.30. The molecule has 2 aliphatic rings. The Kier molecular flexibility index (Phi) is 6.05. The number of amides is 1. The van der Waals surface area contributed by atoms with E-state index in [4.69, 9.17) is 10.3 Å². The molecular formula is C16H19F2N5O2S. The molecule has 1 amide bonds. The predicted octanol–water partition coefficient (Wildman–Crippen LogP) is 3.93. The third kappa shape index (κ3) is 4.13. The van der Waals surface area contributed by atoms with Gasteiger partial charge in [0, 0.05) is 30.1 Å². The molecule has 0 aromatic heterocycles. The first-order valence-corrected chi connectivity index (χ1v) is 9.56. The summed E-state index contributed by atoms with van der Waals surface area (Å²) >= 11 is 1.86. The Labute approximate surface area is 153 Å². The monoisotopic (exact) mass is 383 g/mol. The SMILES string of the molecule is [N-]=[N+]=NCC1CN(c2cc(F)c(N3CCCSCCC3)c(F)c2)C(=O)O1. The van der Waals surface area contributed by atoms with Crippen LogP contribution < -0.4 is 9.80 Å². The first-order chi connectivity index (χ1) is 12.6. The van der Waals surface area contributed by atoms with Gasteiger partial charge in [0.1, 0.15) is 11.8 Å². The van der Waals surface area contributed by atoms with Crippen LogP contribution in [0.25, 0.3) is 10.4 Å². The van der Waals surface area contributed by atoms with Gasteiger partial charge in [0.15, 0.2) is 11.6 Å². The molecule has 2 aliphatic heterocycles. The number of cyclic esters (lactones) is 1. The Hall–Kier alpha value is -2.19. The van der Waals surface area contributed by atoms with E-state index in [1.165, 1.54) is 0 Å². The molecule has 0 saturated carbocycles. The number of halogens is 2. The van der Waals surface area contributed by atoms with Crippen LogP contribution in [0.2, 0.25) is 0 Å². The molecule has 7 nitrogen and oxygen atoms in total. The molecule has 1 atom stereocenters. The lowest BCUT2D eigenvalue weighted by molar-refractivity contribution is 0.145. The summed E-state index contributed by atoms with van der Waals surface area (Å²) in [6.07, 6.45) is 0.393. The molecule has 0 radical (unpaired) electrons. The van der Waals surface area contributed by atoms with Crippen LogP contribution in [0.3, 0.4) is 0 Å². The minimum Gasteiger partial charge on any atom is -0.444 e. The molecule has 10 heteroatoms. The van der Waals surface area contributed by atoms with Gasteiger partial charge >= 0.3 is 6.09 Å². The quantitative estimate of drug-likeness (QED) is 0.448. The van der Waals surface area contributed by atoms with Gasteiger partial charge in [0.05, 0.1) is 18.8 Å². The number of anilines is 2. The number of thioether (sulfide) groups is 1. The molecule has 0 N–H and O–H groups in total. The standard InChI is InChI=1S/C16H19F2N5O2S/c17-13-7-11(23-10-12(9-20-21-19)25-16(23)24)8-14(18)15(13)22-3-1-5-26-6-2-4-22/h7-8,12H,1-6,9-10H2. The topological polar surface area (TPSA) is 81.5 Å². The zero-order valence-corrected chi connectivity index (χ0v) is 14.9. The van der Waals surface area contributed by atoms with Gasteiger partial charge in [-0.05, 0) is 29.9 Å². The highest BCUT2D eigenvalue weighted by atomic mass is 32.2. The lowest BCUT2D eigenvalue weighted by atomic mass is 10.2. The van der Waals surface area contributed by atoms with Gasteiger partial charge in [0.25, 0.3) is 0 Å². The fraction of sp³-hybridized carbons (Fsp3) is 0.562. The molecule has 140 valence electrons. The van der Waals surface area contributed by atoms with E-state index in [0.717, 1.165) is 41.4 Å². The first-order valence-electron chi connectivity index (χ1n) is 8.41. The molecule has 0 spiro atoms. The van der Waals surface area contributed by atoms with Gasteiger partial charge in [-0.1, -0.05) is 5.11 Å². The summed E-state index contributed by atoms with van der Waals surface area (Å²) in [5.41, 5.74) is 8.39. The number of carbonyl (C=O) groups is 1. The van der Waals surface area contributed by atoms with Crippen molar-refractivity contribution in [2.75, 3.05) is 47.5 Å². The van der Waals surface area contributed by atoms with Crippen molar-refractivity contribution < 1.29 is 18.3 Å². The van der Waals surface area contributed by atoms with Gasteiger partial charge in [-0.3, -0.25) is 4.90 Å². The molecule has 0 bridgehead atoms. The summed E-state index contributed by atoms with van der Waals surface area (Å²) in [5.74, 6) is 0.563. The van der Waals surface area contributed by atoms with Crippen LogP contribution in [-0.2, 0) is 4.74 Å². The number of rotatable bonds is 4. The number of nitrogens with zero attached hydrogens (tertiary/aromatic N) is 5. The maximum atomic E-state index is 14.7. The second-order valence-corrected chi connectivity index (χ2v) is 7.32. The molecule has 1 unspecified atom stereocenters. The Morgan fingerprint density at radius 1 is 1.27 bits per heavy atom. The number of carbonyl (C=O) groups excluding carboxylic acids is 1. The van der Waals surface area contributed by atoms with Crippen molar-refractivity contribution in [3.05, 3.63) is 34.2 Å². The zero-order chi connectivity index (χ0) is 18.5. The highest BCUT2D eigenvalue weighted by Crippen LogP contribution is 2.32. The molecule has 2 fully saturated rings. The molecule has 2 saturated heterocycles. The Bertz CT molecular complexity index is 698. The Morgan fingerprint density at radius 2 is 1.92 bits per heavy atom. The fourth-order valence-electron chi connectivity index (χ4n) is 3.12. The van der Waals surface area contributed by atoms with Gasteiger partial charge < -0.3 is 9.64 Å². The molecule has 0 aliphatic carbocycles. The van der Waals surface area contributed by atoms with Gasteiger partial charge in [-0.25, -0.2) is 13.6 Å². The summed E-state index contributed by atoms with van der Waals surface area (Å²) in [7, 11) is 0. The van der Waals surface area contributed by atoms with Crippen molar-refractivity contribution in [2.45, 2.75) is 18.9 Å². The lowest BCUT2D eigenvalue weighted by Gasteiger charge is -2.28. The Balaban J connectivity index is 1.80. The van der Waals surface area contributed by atoms with E-state index >= 15 is 0 Å². The van der Waals surface area contributed by atoms with E-state index in [2.05, 4.69) is 10.0 Å². The van der Waals surface area contributed by atoms with Crippen molar-refractivity contribution in [3.63, 3.8) is 0 Å². The average Bonchev–Trinajstić information content (AvgIpc) is 2.94. The van der Waals surface area contributed by atoms with E-state index in [-0.39, 0.29) is 24.5 Å². The number of azide groups is 1. The van der Waals surface area contributed by atoms with Crippen LogP contribution in [0.15, 0.2) is 17.2 Å². The highest BCUT2D eigenvalue weighted by molar-refractivity contribution is 7.99. The minimum atomic E-state index is -0.710. The number of hydrogen-bond acceptors (Lipinski definition) is 5. The summed E-state index contributed by atoms with van der Waals surface area (Å²) in [6, 6.07) is 2.31. The van der Waals surface area contributed by atoms with Crippen LogP contribution in [-0.4, -0.2) is 49.9 Å². The largest absolute Gasteiger partial charge is 0.444 e. The second-order valence-electron chi connectivity index (χ2n) is 6.09. The number of benzene rings is 1. The first kappa shape index (κ1) is 18.6. The van der Waals surface area contributed by atoms with Crippen molar-refractivity contribution in [1.29, 1.82) is 0 Å². The van der Waals surface area contributed by atoms with E-state index in [1.54, 1.807) is 4.90 Å². The maximum absolute atomic E-state index is 14.7. The number of ether oxygens (including phenoxy) is 1. The Morgan fingerprint density at radius 3 is 2.54 bits per heavy atom. The van der Waals surface area contributed by atoms with Crippen molar-refractivity contribution >= 4 is 29.2 Å². The number of hydrogen-bond donors (Lipinski definition) is 0. The van der Waals surface area contributed by atoms with Gasteiger partial charge in [-0.2, -0.15) is 11.8 Å². The van der Waals surface area contributed by atoms with Crippen LogP contribution in [0.1, 0.15) is 12.8 Å². The molecule has 1 aromatic carbocycles. The van der Waals surface area contributed by atoms with Crippen molar-refractivity contribution in [3.8, 4) is 0 Å². The van der Waals surface area contributed by atoms with Crippen LogP contribution >= 0.6 is 11.8 Å². The summed E-state index contributed by atoms with van der Waals surface area (Å²) in [5, 5.41) is 3.36. The van der Waals surface area contributed by atoms with Crippen molar-refractivity contribution in [2.24, 2.45) is 5.11 Å². The predicted molar refractivity (Wildman–Crippen MR) is 96.8 cm³/mol. The highest BCUT2D eigenvalue weighted by Gasteiger charge is 2.33. The van der Waals surface area contributed by atoms with Crippen LogP contribution in [0, 0.1) is 11.6 Å². The fourth-order valence-corrected chi connectivity index (χ4v) is 3.99. The maximum Gasteiger partial charge on any atom is 0.414 e. The van der Waals surface area contributed by atoms with Crippen molar-refractivity contribution in [1.82, 2.24) is 0 Å². The second kappa shape index (κ2) is 8.46. The molecule has 26 heavy (non-hydrogen) atoms. The molecular weight excluding hydrogens is 364 g/mol. The van der Waals surface area contributed by atoms with E-state index in [9.17, 15) is 13.6 Å². The van der Waals surface area contributed by atoms with Gasteiger partial charge in [0.2, 0.25) is 0 Å². The summed E-state index contributed by atoms with van der Waals surface area (Å²) < 4.78 is 34.4. The average molecular weight is 383 g/mol. The molecule has 1 aromatic rings. The molecule has 3 rings (SSSR count). The smallest absolute Gasteiger partial charge is 0.414 e. The zero-order valence-electron chi connectivity index (χ0n) is 14.1. The third-order valence-corrected chi connectivity index (χ3v) is 5.44.